The summed E-state index contributed by atoms with van der Waals surface area (Å²) in [6.45, 7) is 1.56. The van der Waals surface area contributed by atoms with Gasteiger partial charge in [0.15, 0.2) is 5.82 Å². The van der Waals surface area contributed by atoms with E-state index < -0.39 is 0 Å². The van der Waals surface area contributed by atoms with Crippen molar-refractivity contribution in [3.63, 3.8) is 0 Å². The first kappa shape index (κ1) is 11.9. The second-order valence-electron chi connectivity index (χ2n) is 3.27. The second-order valence-corrected chi connectivity index (χ2v) is 4.21. The Morgan fingerprint density at radius 3 is 2.88 bits per heavy atom. The summed E-state index contributed by atoms with van der Waals surface area (Å²) < 4.78 is 1.75. The molecule has 0 unspecified atom stereocenters. The van der Waals surface area contributed by atoms with Crippen LogP contribution in [-0.4, -0.2) is 54.0 Å². The Hall–Kier alpha value is -1.55. The number of aryl methyl sites for hydroxylation is 1. The third kappa shape index (κ3) is 3.20. The summed E-state index contributed by atoms with van der Waals surface area (Å²) in [7, 11) is 3.62. The van der Waals surface area contributed by atoms with Crippen LogP contribution >= 0.6 is 11.8 Å². The topological polar surface area (TPSA) is 99.2 Å². The second kappa shape index (κ2) is 5.68. The van der Waals surface area contributed by atoms with Crippen LogP contribution in [0.15, 0.2) is 5.16 Å². The molecule has 0 aliphatic carbocycles. The maximum absolute atomic E-state index is 4.09. The van der Waals surface area contributed by atoms with Crippen LogP contribution in [0.25, 0.3) is 0 Å². The van der Waals surface area contributed by atoms with Gasteiger partial charge in [0.1, 0.15) is 0 Å². The molecule has 0 atom stereocenters. The number of hydrogen-bond donors (Lipinski definition) is 1. The molecule has 1 N–H and O–H groups in total. The van der Waals surface area contributed by atoms with E-state index >= 15 is 0 Å². The minimum absolute atomic E-state index is 0.605. The number of tetrazole rings is 2. The van der Waals surface area contributed by atoms with Crippen LogP contribution in [0, 0.1) is 0 Å². The normalized spacial score (nSPS) is 10.9. The number of hydrogen-bond acceptors (Lipinski definition) is 8. The molecule has 9 nitrogen and oxygen atoms in total. The predicted octanol–water partition coefficient (Wildman–Crippen LogP) is -1.29. The number of aromatic nitrogens is 8. The number of thioether (sulfide) groups is 1. The summed E-state index contributed by atoms with van der Waals surface area (Å²) >= 11 is 1.49. The highest BCUT2D eigenvalue weighted by atomic mass is 32.2. The van der Waals surface area contributed by atoms with Crippen LogP contribution in [-0.2, 0) is 19.3 Å². The maximum Gasteiger partial charge on any atom is 0.209 e. The summed E-state index contributed by atoms with van der Waals surface area (Å²) in [6.07, 6.45) is 0. The molecule has 0 aliphatic rings. The van der Waals surface area contributed by atoms with Crippen LogP contribution < -0.4 is 5.32 Å². The minimum atomic E-state index is 0.605. The van der Waals surface area contributed by atoms with Crippen molar-refractivity contribution in [1.29, 1.82) is 0 Å². The molecule has 0 spiro atoms. The lowest BCUT2D eigenvalue weighted by atomic mass is 10.6. The molecular weight excluding hydrogens is 242 g/mol. The average molecular weight is 255 g/mol. The van der Waals surface area contributed by atoms with E-state index in [2.05, 4.69) is 36.3 Å². The zero-order valence-electron chi connectivity index (χ0n) is 9.61. The van der Waals surface area contributed by atoms with E-state index in [1.807, 2.05) is 7.05 Å². The number of nitrogens with one attached hydrogen (secondary N) is 1. The summed E-state index contributed by atoms with van der Waals surface area (Å²) in [5.41, 5.74) is 0. The van der Waals surface area contributed by atoms with E-state index in [-0.39, 0.29) is 0 Å². The zero-order valence-corrected chi connectivity index (χ0v) is 10.4. The van der Waals surface area contributed by atoms with E-state index in [4.69, 9.17) is 0 Å². The van der Waals surface area contributed by atoms with Crippen molar-refractivity contribution in [3.8, 4) is 0 Å². The van der Waals surface area contributed by atoms with Crippen LogP contribution in [0.1, 0.15) is 5.82 Å². The first-order chi connectivity index (χ1) is 8.29. The number of nitrogens with zero attached hydrogens (tertiary/aromatic N) is 8. The molecule has 92 valence electrons. The SMILES string of the molecule is CNCCn1nnnc1SCc1nnn(C)n1. The summed E-state index contributed by atoms with van der Waals surface area (Å²) in [5.74, 6) is 1.27. The Kier molecular flexibility index (Phi) is 3.98. The van der Waals surface area contributed by atoms with Gasteiger partial charge in [-0.05, 0) is 22.7 Å². The van der Waals surface area contributed by atoms with Crippen molar-refractivity contribution in [1.82, 2.24) is 45.7 Å². The van der Waals surface area contributed by atoms with Gasteiger partial charge in [-0.15, -0.1) is 15.3 Å². The molecule has 2 heterocycles. The summed E-state index contributed by atoms with van der Waals surface area (Å²) in [6, 6.07) is 0. The highest BCUT2D eigenvalue weighted by Crippen LogP contribution is 2.16. The van der Waals surface area contributed by atoms with Gasteiger partial charge < -0.3 is 5.32 Å². The Morgan fingerprint density at radius 2 is 2.18 bits per heavy atom. The van der Waals surface area contributed by atoms with Gasteiger partial charge in [-0.25, -0.2) is 4.68 Å². The van der Waals surface area contributed by atoms with Crippen molar-refractivity contribution < 1.29 is 0 Å². The lowest BCUT2D eigenvalue weighted by molar-refractivity contribution is 0.530. The first-order valence-corrected chi connectivity index (χ1v) is 6.04. The third-order valence-electron chi connectivity index (χ3n) is 1.95. The van der Waals surface area contributed by atoms with E-state index in [0.717, 1.165) is 18.2 Å². The Morgan fingerprint density at radius 1 is 1.29 bits per heavy atom. The smallest absolute Gasteiger partial charge is 0.209 e. The van der Waals surface area contributed by atoms with E-state index in [9.17, 15) is 0 Å². The van der Waals surface area contributed by atoms with Gasteiger partial charge in [-0.1, -0.05) is 11.8 Å². The fourth-order valence-electron chi connectivity index (χ4n) is 1.17. The first-order valence-electron chi connectivity index (χ1n) is 5.06. The van der Waals surface area contributed by atoms with Crippen LogP contribution in [0.3, 0.4) is 0 Å². The van der Waals surface area contributed by atoms with E-state index in [1.165, 1.54) is 16.6 Å². The summed E-state index contributed by atoms with van der Waals surface area (Å²) in [5, 5.41) is 27.0. The van der Waals surface area contributed by atoms with Gasteiger partial charge in [-0.2, -0.15) is 4.80 Å². The quantitative estimate of drug-likeness (QED) is 0.636. The van der Waals surface area contributed by atoms with Crippen molar-refractivity contribution in [2.45, 2.75) is 17.5 Å². The van der Waals surface area contributed by atoms with Crippen LogP contribution in [0.4, 0.5) is 0 Å². The number of rotatable bonds is 6. The van der Waals surface area contributed by atoms with Gasteiger partial charge in [0, 0.05) is 6.54 Å². The molecule has 0 fully saturated rings. The largest absolute Gasteiger partial charge is 0.318 e. The standard InChI is InChI=1S/C7H13N9S/c1-8-3-4-16-7(10-12-14-16)17-5-6-9-13-15(2)11-6/h8H,3-5H2,1-2H3. The Labute approximate surface area is 102 Å². The van der Waals surface area contributed by atoms with Crippen LogP contribution in [0.5, 0.6) is 0 Å². The van der Waals surface area contributed by atoms with Crippen molar-refractivity contribution in [2.24, 2.45) is 7.05 Å². The molecule has 0 aromatic carbocycles. The molecule has 0 bridgehead atoms. The molecule has 0 saturated heterocycles. The Bertz CT molecular complexity index is 463. The van der Waals surface area contributed by atoms with Crippen molar-refractivity contribution >= 4 is 11.8 Å². The van der Waals surface area contributed by atoms with Crippen molar-refractivity contribution in [2.75, 3.05) is 13.6 Å². The molecule has 2 aromatic heterocycles. The fourth-order valence-corrected chi connectivity index (χ4v) is 1.91. The van der Waals surface area contributed by atoms with Crippen molar-refractivity contribution in [3.05, 3.63) is 5.82 Å². The highest BCUT2D eigenvalue weighted by molar-refractivity contribution is 7.98. The van der Waals surface area contributed by atoms with E-state index in [0.29, 0.717) is 11.6 Å². The molecule has 0 radical (unpaired) electrons. The molecular formula is C7H13N9S. The Balaban J connectivity index is 1.92. The lowest BCUT2D eigenvalue weighted by Gasteiger charge is -2.01. The molecule has 10 heteroatoms. The monoisotopic (exact) mass is 255 g/mol. The van der Waals surface area contributed by atoms with Gasteiger partial charge in [0.2, 0.25) is 5.16 Å². The highest BCUT2D eigenvalue weighted by Gasteiger charge is 2.08. The number of likely N-dealkylation sites (N-methyl/N-ethyl adjacent to an activating group) is 1. The van der Waals surface area contributed by atoms with Gasteiger partial charge in [0.25, 0.3) is 0 Å². The van der Waals surface area contributed by atoms with E-state index in [1.54, 1.807) is 11.7 Å². The molecule has 0 saturated carbocycles. The molecule has 2 aromatic rings. The third-order valence-corrected chi connectivity index (χ3v) is 2.91. The van der Waals surface area contributed by atoms with Gasteiger partial charge in [-0.3, -0.25) is 0 Å². The molecule has 17 heavy (non-hydrogen) atoms. The van der Waals surface area contributed by atoms with Gasteiger partial charge in [0.05, 0.1) is 19.3 Å². The maximum atomic E-state index is 4.09. The predicted molar refractivity (Wildman–Crippen MR) is 60.1 cm³/mol. The average Bonchev–Trinajstić information content (AvgIpc) is 2.92. The zero-order chi connectivity index (χ0) is 12.1. The van der Waals surface area contributed by atoms with Crippen LogP contribution in [0.2, 0.25) is 0 Å². The molecule has 0 amide bonds. The lowest BCUT2D eigenvalue weighted by Crippen LogP contribution is -2.16. The minimum Gasteiger partial charge on any atom is -0.318 e. The summed E-state index contributed by atoms with van der Waals surface area (Å²) in [4.78, 5) is 1.43. The fraction of sp³-hybridized carbons (Fsp3) is 0.714. The molecule has 2 rings (SSSR count). The molecule has 0 aliphatic heterocycles. The van der Waals surface area contributed by atoms with Gasteiger partial charge >= 0.3 is 0 Å².